The van der Waals surface area contributed by atoms with Crippen molar-refractivity contribution in [1.29, 1.82) is 0 Å². The minimum Gasteiger partial charge on any atom is -0.456 e. The molecular weight excluding hydrogens is 653 g/mol. The Morgan fingerprint density at radius 1 is 0.941 bits per heavy atom. The molecule has 6 rings (SSSR count). The van der Waals surface area contributed by atoms with Crippen LogP contribution in [0.15, 0.2) is 103 Å². The lowest BCUT2D eigenvalue weighted by atomic mass is 9.75. The van der Waals surface area contributed by atoms with Crippen molar-refractivity contribution >= 4 is 44.1 Å². The summed E-state index contributed by atoms with van der Waals surface area (Å²) in [6, 6.07) is 21.2. The van der Waals surface area contributed by atoms with Gasteiger partial charge < -0.3 is 9.64 Å². The number of hydrogen-bond acceptors (Lipinski definition) is 4. The number of hydrogen-bond donors (Lipinski definition) is 1. The van der Waals surface area contributed by atoms with Gasteiger partial charge in [0, 0.05) is 59.1 Å². The third kappa shape index (κ3) is 7.33. The number of nitrogens with zero attached hydrogens (tertiary/aromatic N) is 2. The highest BCUT2D eigenvalue weighted by Gasteiger charge is 2.47. The maximum absolute atomic E-state index is 11.6. The van der Waals surface area contributed by atoms with Crippen LogP contribution in [-0.4, -0.2) is 47.6 Å². The largest absolute Gasteiger partial charge is 0.456 e. The molecule has 0 saturated heterocycles. The summed E-state index contributed by atoms with van der Waals surface area (Å²) >= 11 is 0. The standard InChI is InChI=1S/C44H50N2O4S/c1-8-23-44(7)37-26-31(3)21-22-38(37)45(24-16-25-51(47,48)49)42(44)20-15-11-14-19-34-27-40(33-17-12-10-13-18-33)50-41-29-39-35(28-36(34)41)32(4)30-43(5,6)46(39)9-2/h10-15,17-22,26-30H,8-9,16,23-25H2,1-7H3/p+1. The van der Waals surface area contributed by atoms with Crippen LogP contribution in [-0.2, 0) is 15.5 Å². The number of ether oxygens (including phenoxy) is 1. The molecule has 0 aromatic heterocycles. The first-order valence-electron chi connectivity index (χ1n) is 18.1. The molecule has 0 spiro atoms. The van der Waals surface area contributed by atoms with Crippen molar-refractivity contribution < 1.29 is 22.3 Å². The highest BCUT2D eigenvalue weighted by Crippen LogP contribution is 2.47. The van der Waals surface area contributed by atoms with Crippen LogP contribution in [0.5, 0.6) is 5.75 Å². The summed E-state index contributed by atoms with van der Waals surface area (Å²) < 4.78 is 41.5. The molecule has 0 aliphatic carbocycles. The number of allylic oxidation sites excluding steroid dienone is 8. The third-order valence-electron chi connectivity index (χ3n) is 10.5. The average Bonchev–Trinajstić information content (AvgIpc) is 3.29. The summed E-state index contributed by atoms with van der Waals surface area (Å²) in [6.45, 7) is 16.9. The van der Waals surface area contributed by atoms with Gasteiger partial charge in [0.25, 0.3) is 10.1 Å². The highest BCUT2D eigenvalue weighted by molar-refractivity contribution is 7.85. The van der Waals surface area contributed by atoms with E-state index >= 15 is 0 Å². The van der Waals surface area contributed by atoms with Gasteiger partial charge in [-0.2, -0.15) is 13.0 Å². The fraction of sp³-hybridized carbons (Fsp3) is 0.341. The van der Waals surface area contributed by atoms with E-state index in [4.69, 9.17) is 4.74 Å². The van der Waals surface area contributed by atoms with Crippen LogP contribution in [0.2, 0.25) is 0 Å². The Labute approximate surface area is 304 Å². The summed E-state index contributed by atoms with van der Waals surface area (Å²) in [4.78, 5) is 2.44. The SMILES string of the molecule is CCCC1(C)C(C=CC=CC=C2C=C(c3ccccc3)Oc3cc4c(cc32)C(C)=CC(C)(C)N4CC)=[N+](CCCS(=O)(=O)O)c2ccc(C)cc21. The zero-order chi connectivity index (χ0) is 36.6. The van der Waals surface area contributed by atoms with Gasteiger partial charge in [0.05, 0.1) is 16.7 Å². The van der Waals surface area contributed by atoms with Gasteiger partial charge in [0.2, 0.25) is 5.69 Å². The van der Waals surface area contributed by atoms with Gasteiger partial charge in [0.15, 0.2) is 5.71 Å². The Morgan fingerprint density at radius 2 is 1.71 bits per heavy atom. The Hall–Kier alpha value is -4.46. The molecule has 0 amide bonds. The minimum absolute atomic E-state index is 0.0998. The monoisotopic (exact) mass is 703 g/mol. The van der Waals surface area contributed by atoms with Crippen molar-refractivity contribution in [1.82, 2.24) is 0 Å². The molecule has 266 valence electrons. The average molecular weight is 704 g/mol. The Bertz CT molecular complexity index is 2130. The maximum Gasteiger partial charge on any atom is 0.265 e. The molecule has 3 aliphatic rings. The van der Waals surface area contributed by atoms with Gasteiger partial charge in [-0.15, -0.1) is 0 Å². The number of benzene rings is 3. The van der Waals surface area contributed by atoms with Crippen LogP contribution >= 0.6 is 0 Å². The predicted octanol–water partition coefficient (Wildman–Crippen LogP) is 10.1. The molecule has 3 aliphatic heterocycles. The molecule has 0 radical (unpaired) electrons. The molecule has 0 saturated carbocycles. The second-order valence-electron chi connectivity index (χ2n) is 14.7. The second-order valence-corrected chi connectivity index (χ2v) is 16.3. The summed E-state index contributed by atoms with van der Waals surface area (Å²) in [5, 5.41) is 0. The lowest BCUT2D eigenvalue weighted by molar-refractivity contribution is -0.437. The molecule has 6 nitrogen and oxygen atoms in total. The molecule has 3 heterocycles. The molecule has 51 heavy (non-hydrogen) atoms. The Morgan fingerprint density at radius 3 is 2.41 bits per heavy atom. The summed E-state index contributed by atoms with van der Waals surface area (Å²) in [5.41, 5.74) is 11.2. The van der Waals surface area contributed by atoms with E-state index in [0.717, 1.165) is 59.0 Å². The normalized spacial score (nSPS) is 20.4. The van der Waals surface area contributed by atoms with E-state index in [0.29, 0.717) is 13.0 Å². The van der Waals surface area contributed by atoms with Crippen molar-refractivity contribution in [3.05, 3.63) is 131 Å². The van der Waals surface area contributed by atoms with E-state index in [1.165, 1.54) is 28.0 Å². The molecule has 1 N–H and O–H groups in total. The number of fused-ring (bicyclic) bond motifs is 3. The molecule has 3 aromatic carbocycles. The van der Waals surface area contributed by atoms with E-state index in [9.17, 15) is 13.0 Å². The summed E-state index contributed by atoms with van der Waals surface area (Å²) in [6.07, 6.45) is 17.3. The van der Waals surface area contributed by atoms with Crippen LogP contribution in [0.25, 0.3) is 16.9 Å². The lowest BCUT2D eigenvalue weighted by Crippen LogP contribution is -2.44. The first kappa shape index (κ1) is 36.3. The minimum atomic E-state index is -4.04. The maximum atomic E-state index is 11.6. The van der Waals surface area contributed by atoms with Gasteiger partial charge >= 0.3 is 0 Å². The van der Waals surface area contributed by atoms with Crippen molar-refractivity contribution in [3.8, 4) is 5.75 Å². The first-order chi connectivity index (χ1) is 24.3. The van der Waals surface area contributed by atoms with E-state index in [1.807, 2.05) is 18.2 Å². The van der Waals surface area contributed by atoms with Gasteiger partial charge in [-0.3, -0.25) is 4.55 Å². The first-order valence-corrected chi connectivity index (χ1v) is 19.7. The van der Waals surface area contributed by atoms with Crippen LogP contribution in [0, 0.1) is 6.92 Å². The number of aryl methyl sites for hydroxylation is 1. The summed E-state index contributed by atoms with van der Waals surface area (Å²) in [7, 11) is -4.04. The van der Waals surface area contributed by atoms with Crippen molar-refractivity contribution in [3.63, 3.8) is 0 Å². The van der Waals surface area contributed by atoms with E-state index in [1.54, 1.807) is 0 Å². The molecule has 1 atom stereocenters. The van der Waals surface area contributed by atoms with Gasteiger partial charge in [-0.05, 0) is 77.3 Å². The van der Waals surface area contributed by atoms with Crippen molar-refractivity contribution in [2.45, 2.75) is 78.7 Å². The fourth-order valence-electron chi connectivity index (χ4n) is 8.19. The Kier molecular flexibility index (Phi) is 10.2. The highest BCUT2D eigenvalue weighted by atomic mass is 32.2. The quantitative estimate of drug-likeness (QED) is 0.122. The predicted molar refractivity (Wildman–Crippen MR) is 213 cm³/mol. The van der Waals surface area contributed by atoms with Gasteiger partial charge in [-0.1, -0.05) is 85.7 Å². The molecule has 3 aromatic rings. The molecule has 0 bridgehead atoms. The lowest BCUT2D eigenvalue weighted by Gasteiger charge is -2.43. The van der Waals surface area contributed by atoms with E-state index < -0.39 is 10.1 Å². The van der Waals surface area contributed by atoms with Crippen LogP contribution < -0.4 is 9.64 Å². The van der Waals surface area contributed by atoms with Gasteiger partial charge in [0.1, 0.15) is 18.1 Å². The fourth-order valence-corrected chi connectivity index (χ4v) is 8.68. The van der Waals surface area contributed by atoms with Crippen molar-refractivity contribution in [2.75, 3.05) is 23.7 Å². The summed E-state index contributed by atoms with van der Waals surface area (Å²) in [5.74, 6) is 1.39. The molecule has 1 unspecified atom stereocenters. The Balaban J connectivity index is 1.39. The van der Waals surface area contributed by atoms with E-state index in [2.05, 4.69) is 143 Å². The van der Waals surface area contributed by atoms with Crippen LogP contribution in [0.1, 0.15) is 88.6 Å². The molecule has 7 heteroatoms. The number of rotatable bonds is 11. The van der Waals surface area contributed by atoms with Crippen molar-refractivity contribution in [2.24, 2.45) is 0 Å². The number of anilines is 1. The molecule has 0 fully saturated rings. The molecular formula is C44H51N2O4S+. The smallest absolute Gasteiger partial charge is 0.265 e. The van der Waals surface area contributed by atoms with Crippen LogP contribution in [0.4, 0.5) is 11.4 Å². The van der Waals surface area contributed by atoms with Crippen LogP contribution in [0.3, 0.4) is 0 Å². The zero-order valence-corrected chi connectivity index (χ0v) is 31.8. The van der Waals surface area contributed by atoms with E-state index in [-0.39, 0.29) is 16.7 Å². The third-order valence-corrected chi connectivity index (χ3v) is 11.3. The zero-order valence-electron chi connectivity index (χ0n) is 31.0. The second kappa shape index (κ2) is 14.3. The number of likely N-dealkylation sites (N-methyl/N-ethyl adjacent to an activating group) is 1. The topological polar surface area (TPSA) is 69.8 Å². The van der Waals surface area contributed by atoms with Gasteiger partial charge in [-0.25, -0.2) is 0 Å².